The Bertz CT molecular complexity index is 952. The van der Waals surface area contributed by atoms with Gasteiger partial charge >= 0.3 is 12.1 Å². The van der Waals surface area contributed by atoms with Gasteiger partial charge in [-0.15, -0.1) is 0 Å². The van der Waals surface area contributed by atoms with Crippen molar-refractivity contribution in [2.75, 3.05) is 6.61 Å². The molecule has 0 aliphatic rings. The number of alkyl carbamates (subject to hydrolysis) is 1. The van der Waals surface area contributed by atoms with E-state index in [1.807, 2.05) is 60.7 Å². The van der Waals surface area contributed by atoms with E-state index in [0.717, 1.165) is 11.1 Å². The van der Waals surface area contributed by atoms with E-state index in [1.165, 1.54) is 6.08 Å². The quantitative estimate of drug-likeness (QED) is 0.408. The summed E-state index contributed by atoms with van der Waals surface area (Å²) in [4.78, 5) is 37.6. The van der Waals surface area contributed by atoms with Crippen molar-refractivity contribution in [1.29, 1.82) is 0 Å². The summed E-state index contributed by atoms with van der Waals surface area (Å²) in [5, 5.41) is 5.64. The first kappa shape index (κ1) is 26.6. The minimum Gasteiger partial charge on any atom is -0.463 e. The minimum atomic E-state index is -0.869. The fraction of sp³-hybridized carbons (Fsp3) is 0.370. The summed E-state index contributed by atoms with van der Waals surface area (Å²) in [5.41, 5.74) is 1.18. The van der Waals surface area contributed by atoms with Crippen molar-refractivity contribution in [3.8, 4) is 0 Å². The number of ether oxygens (including phenoxy) is 2. The molecule has 7 nitrogen and oxygen atoms in total. The number of carbonyl (C=O) groups is 3. The Balaban J connectivity index is 2.21. The minimum absolute atomic E-state index is 0.262. The lowest BCUT2D eigenvalue weighted by molar-refractivity contribution is -0.137. The molecule has 0 radical (unpaired) electrons. The van der Waals surface area contributed by atoms with Crippen LogP contribution in [0.1, 0.15) is 38.8 Å². The first-order valence-electron chi connectivity index (χ1n) is 11.4. The maximum absolute atomic E-state index is 13.3. The predicted octanol–water partition coefficient (Wildman–Crippen LogP) is 3.97. The lowest BCUT2D eigenvalue weighted by Crippen LogP contribution is -2.51. The van der Waals surface area contributed by atoms with Gasteiger partial charge in [-0.05, 0) is 45.2 Å². The number of nitrogens with one attached hydrogen (secondary N) is 2. The Hall–Kier alpha value is -3.61. The highest BCUT2D eigenvalue weighted by atomic mass is 16.6. The SMILES string of the molecule is CCOC(=O)/C=C/[C@H](Cc1ccccc1)NC(=O)[C@H](Cc1ccccc1)NC(=O)OC(C)(C)C. The second-order valence-corrected chi connectivity index (χ2v) is 8.80. The molecule has 0 fully saturated rings. The van der Waals surface area contributed by atoms with Crippen LogP contribution < -0.4 is 10.6 Å². The Kier molecular flexibility index (Phi) is 10.3. The average Bonchev–Trinajstić information content (AvgIpc) is 2.77. The van der Waals surface area contributed by atoms with Gasteiger partial charge in [-0.3, -0.25) is 4.79 Å². The van der Waals surface area contributed by atoms with Crippen LogP contribution in [-0.4, -0.2) is 42.3 Å². The monoisotopic (exact) mass is 466 g/mol. The molecule has 0 aromatic heterocycles. The lowest BCUT2D eigenvalue weighted by atomic mass is 10.0. The van der Waals surface area contributed by atoms with E-state index in [9.17, 15) is 14.4 Å². The Morgan fingerprint density at radius 2 is 1.44 bits per heavy atom. The van der Waals surface area contributed by atoms with Crippen LogP contribution in [-0.2, 0) is 31.9 Å². The molecule has 34 heavy (non-hydrogen) atoms. The number of hydrogen-bond acceptors (Lipinski definition) is 5. The number of carbonyl (C=O) groups excluding carboxylic acids is 3. The summed E-state index contributed by atoms with van der Waals surface area (Å²) in [6, 6.07) is 17.7. The topological polar surface area (TPSA) is 93.7 Å². The Morgan fingerprint density at radius 1 is 0.882 bits per heavy atom. The van der Waals surface area contributed by atoms with Gasteiger partial charge in [0.05, 0.1) is 12.6 Å². The fourth-order valence-corrected chi connectivity index (χ4v) is 3.21. The highest BCUT2D eigenvalue weighted by Gasteiger charge is 2.26. The summed E-state index contributed by atoms with van der Waals surface area (Å²) in [7, 11) is 0. The highest BCUT2D eigenvalue weighted by Crippen LogP contribution is 2.10. The summed E-state index contributed by atoms with van der Waals surface area (Å²) in [5.74, 6) is -0.869. The second-order valence-electron chi connectivity index (χ2n) is 8.80. The van der Waals surface area contributed by atoms with Crippen molar-refractivity contribution in [2.45, 2.75) is 58.2 Å². The van der Waals surface area contributed by atoms with E-state index in [2.05, 4.69) is 10.6 Å². The van der Waals surface area contributed by atoms with E-state index < -0.39 is 29.7 Å². The first-order chi connectivity index (χ1) is 16.2. The van der Waals surface area contributed by atoms with Gasteiger partial charge in [-0.1, -0.05) is 66.7 Å². The van der Waals surface area contributed by atoms with Crippen LogP contribution in [0.5, 0.6) is 0 Å². The smallest absolute Gasteiger partial charge is 0.408 e. The summed E-state index contributed by atoms with van der Waals surface area (Å²) < 4.78 is 10.3. The number of hydrogen-bond donors (Lipinski definition) is 2. The van der Waals surface area contributed by atoms with Gasteiger partial charge in [-0.2, -0.15) is 0 Å². The molecule has 0 bridgehead atoms. The molecule has 2 aromatic rings. The average molecular weight is 467 g/mol. The zero-order valence-electron chi connectivity index (χ0n) is 20.2. The van der Waals surface area contributed by atoms with Crippen LogP contribution in [0.4, 0.5) is 4.79 Å². The zero-order chi connectivity index (χ0) is 25.0. The number of amides is 2. The molecule has 2 N–H and O–H groups in total. The lowest BCUT2D eigenvalue weighted by Gasteiger charge is -2.25. The van der Waals surface area contributed by atoms with Gasteiger partial charge in [0.25, 0.3) is 0 Å². The third-order valence-corrected chi connectivity index (χ3v) is 4.67. The number of rotatable bonds is 10. The van der Waals surface area contributed by atoms with Gasteiger partial charge in [0, 0.05) is 12.5 Å². The highest BCUT2D eigenvalue weighted by molar-refractivity contribution is 5.87. The predicted molar refractivity (Wildman–Crippen MR) is 131 cm³/mol. The molecule has 2 rings (SSSR count). The van der Waals surface area contributed by atoms with Crippen LogP contribution in [0, 0.1) is 0 Å². The molecule has 2 amide bonds. The Labute approximate surface area is 201 Å². The van der Waals surface area contributed by atoms with E-state index in [0.29, 0.717) is 6.42 Å². The van der Waals surface area contributed by atoms with Crippen molar-refractivity contribution in [2.24, 2.45) is 0 Å². The molecule has 0 heterocycles. The van der Waals surface area contributed by atoms with Gasteiger partial charge in [-0.25, -0.2) is 9.59 Å². The second kappa shape index (κ2) is 13.2. The normalized spacial score (nSPS) is 13.1. The molecule has 0 aliphatic carbocycles. The number of benzene rings is 2. The van der Waals surface area contributed by atoms with E-state index in [4.69, 9.17) is 9.47 Å². The molecular weight excluding hydrogens is 432 g/mol. The standard InChI is InChI=1S/C27H34N2O5/c1-5-33-24(30)17-16-22(18-20-12-8-6-9-13-20)28-25(31)23(19-21-14-10-7-11-15-21)29-26(32)34-27(2,3)4/h6-17,22-23H,5,18-19H2,1-4H3,(H,28,31)(H,29,32)/b17-16+/t22-,23+/m1/s1. The Morgan fingerprint density at radius 3 is 1.97 bits per heavy atom. The summed E-state index contributed by atoms with van der Waals surface area (Å²) in [6.45, 7) is 7.27. The van der Waals surface area contributed by atoms with Gasteiger partial charge in [0.15, 0.2) is 0 Å². The molecule has 0 aliphatic heterocycles. The van der Waals surface area contributed by atoms with Gasteiger partial charge in [0.2, 0.25) is 5.91 Å². The van der Waals surface area contributed by atoms with Crippen molar-refractivity contribution in [3.63, 3.8) is 0 Å². The molecule has 0 spiro atoms. The van der Waals surface area contributed by atoms with Gasteiger partial charge < -0.3 is 20.1 Å². The molecule has 0 saturated carbocycles. The molecule has 182 valence electrons. The van der Waals surface area contributed by atoms with Crippen LogP contribution in [0.25, 0.3) is 0 Å². The van der Waals surface area contributed by atoms with Crippen molar-refractivity contribution < 1.29 is 23.9 Å². The first-order valence-corrected chi connectivity index (χ1v) is 11.4. The van der Waals surface area contributed by atoms with Crippen LogP contribution in [0.15, 0.2) is 72.8 Å². The molecule has 0 unspecified atom stereocenters. The molecule has 7 heteroatoms. The largest absolute Gasteiger partial charge is 0.463 e. The van der Waals surface area contributed by atoms with E-state index >= 15 is 0 Å². The number of esters is 1. The molecule has 0 saturated heterocycles. The molecular formula is C27H34N2O5. The summed E-state index contributed by atoms with van der Waals surface area (Å²) >= 11 is 0. The molecule has 2 aromatic carbocycles. The van der Waals surface area contributed by atoms with Crippen LogP contribution >= 0.6 is 0 Å². The van der Waals surface area contributed by atoms with Crippen LogP contribution in [0.3, 0.4) is 0 Å². The van der Waals surface area contributed by atoms with Crippen LogP contribution in [0.2, 0.25) is 0 Å². The van der Waals surface area contributed by atoms with Crippen molar-refractivity contribution in [1.82, 2.24) is 10.6 Å². The zero-order valence-corrected chi connectivity index (χ0v) is 20.2. The van der Waals surface area contributed by atoms with Crippen molar-refractivity contribution >= 4 is 18.0 Å². The van der Waals surface area contributed by atoms with E-state index in [1.54, 1.807) is 33.8 Å². The maximum Gasteiger partial charge on any atom is 0.408 e. The maximum atomic E-state index is 13.3. The van der Waals surface area contributed by atoms with Gasteiger partial charge in [0.1, 0.15) is 11.6 Å². The molecule has 2 atom stereocenters. The van der Waals surface area contributed by atoms with E-state index in [-0.39, 0.29) is 18.9 Å². The third kappa shape index (κ3) is 10.3. The third-order valence-electron chi connectivity index (χ3n) is 4.67. The fourth-order valence-electron chi connectivity index (χ4n) is 3.21. The summed E-state index contributed by atoms with van der Waals surface area (Å²) in [6.07, 6.45) is 2.99. The van der Waals surface area contributed by atoms with Crippen molar-refractivity contribution in [3.05, 3.63) is 83.9 Å².